The second-order valence-corrected chi connectivity index (χ2v) is 5.77. The molecule has 1 unspecified atom stereocenters. The Hall–Kier alpha value is -1.95. The first-order valence-electron chi connectivity index (χ1n) is 7.99. The van der Waals surface area contributed by atoms with E-state index in [1.807, 2.05) is 34.7 Å². The van der Waals surface area contributed by atoms with Crippen LogP contribution in [0.2, 0.25) is 0 Å². The lowest BCUT2D eigenvalue weighted by Gasteiger charge is -2.35. The molecule has 0 bridgehead atoms. The summed E-state index contributed by atoms with van der Waals surface area (Å²) in [5.74, 6) is 0.0334. The van der Waals surface area contributed by atoms with Crippen LogP contribution in [0.1, 0.15) is 43.0 Å². The molecule has 1 aromatic heterocycles. The van der Waals surface area contributed by atoms with Crippen LogP contribution in [0, 0.1) is 0 Å². The van der Waals surface area contributed by atoms with Gasteiger partial charge in [-0.1, -0.05) is 5.21 Å². The van der Waals surface area contributed by atoms with Gasteiger partial charge in [0.15, 0.2) is 0 Å². The molecule has 1 amide bonds. The SMILES string of the molecule is CCn1nnc2cc(C(=O)N3CCCCC3CCO)ccc21. The Balaban J connectivity index is 1.87. The van der Waals surface area contributed by atoms with Crippen LogP contribution in [-0.2, 0) is 6.54 Å². The number of carbonyl (C=O) groups excluding carboxylic acids is 1. The predicted octanol–water partition coefficient (Wildman–Crippen LogP) is 1.83. The van der Waals surface area contributed by atoms with Crippen molar-refractivity contribution in [2.75, 3.05) is 13.2 Å². The van der Waals surface area contributed by atoms with Gasteiger partial charge in [-0.2, -0.15) is 0 Å². The fourth-order valence-electron chi connectivity index (χ4n) is 3.22. The lowest BCUT2D eigenvalue weighted by molar-refractivity contribution is 0.0575. The van der Waals surface area contributed by atoms with E-state index in [0.717, 1.165) is 43.4 Å². The van der Waals surface area contributed by atoms with Crippen molar-refractivity contribution < 1.29 is 9.90 Å². The highest BCUT2D eigenvalue weighted by molar-refractivity contribution is 5.97. The normalized spacial score (nSPS) is 18.8. The zero-order valence-corrected chi connectivity index (χ0v) is 12.9. The first kappa shape index (κ1) is 15.0. The van der Waals surface area contributed by atoms with Gasteiger partial charge in [0.1, 0.15) is 5.52 Å². The van der Waals surface area contributed by atoms with Crippen LogP contribution in [0.25, 0.3) is 11.0 Å². The van der Waals surface area contributed by atoms with E-state index >= 15 is 0 Å². The molecule has 1 aromatic carbocycles. The highest BCUT2D eigenvalue weighted by Crippen LogP contribution is 2.23. The van der Waals surface area contributed by atoms with E-state index in [1.165, 1.54) is 0 Å². The third-order valence-electron chi connectivity index (χ3n) is 4.41. The van der Waals surface area contributed by atoms with E-state index in [9.17, 15) is 9.90 Å². The van der Waals surface area contributed by atoms with Crippen LogP contribution in [0.4, 0.5) is 0 Å². The van der Waals surface area contributed by atoms with Crippen LogP contribution in [0.3, 0.4) is 0 Å². The first-order chi connectivity index (χ1) is 10.7. The lowest BCUT2D eigenvalue weighted by Crippen LogP contribution is -2.44. The van der Waals surface area contributed by atoms with Crippen LogP contribution < -0.4 is 0 Å². The maximum absolute atomic E-state index is 12.8. The average Bonchev–Trinajstić information content (AvgIpc) is 2.97. The van der Waals surface area contributed by atoms with Crippen LogP contribution in [-0.4, -0.2) is 50.1 Å². The zero-order chi connectivity index (χ0) is 15.5. The van der Waals surface area contributed by atoms with Crippen molar-refractivity contribution in [1.82, 2.24) is 19.9 Å². The minimum absolute atomic E-state index is 0.0334. The predicted molar refractivity (Wildman–Crippen MR) is 83.6 cm³/mol. The monoisotopic (exact) mass is 302 g/mol. The smallest absolute Gasteiger partial charge is 0.254 e. The minimum Gasteiger partial charge on any atom is -0.396 e. The summed E-state index contributed by atoms with van der Waals surface area (Å²) in [5, 5.41) is 17.4. The second-order valence-electron chi connectivity index (χ2n) is 5.77. The number of benzene rings is 1. The third-order valence-corrected chi connectivity index (χ3v) is 4.41. The van der Waals surface area contributed by atoms with Gasteiger partial charge in [0.2, 0.25) is 0 Å². The standard InChI is InChI=1S/C16H22N4O2/c1-2-20-15-7-6-12(11-14(15)17-18-20)16(22)19-9-4-3-5-13(19)8-10-21/h6-7,11,13,21H,2-5,8-10H2,1H3. The van der Waals surface area contributed by atoms with E-state index < -0.39 is 0 Å². The van der Waals surface area contributed by atoms with E-state index in [0.29, 0.717) is 12.0 Å². The summed E-state index contributed by atoms with van der Waals surface area (Å²) in [7, 11) is 0. The third kappa shape index (κ3) is 2.70. The number of aryl methyl sites for hydroxylation is 1. The number of carbonyl (C=O) groups is 1. The average molecular weight is 302 g/mol. The molecule has 1 saturated heterocycles. The molecule has 1 fully saturated rings. The molecular weight excluding hydrogens is 280 g/mol. The summed E-state index contributed by atoms with van der Waals surface area (Å²) >= 11 is 0. The molecule has 0 saturated carbocycles. The number of piperidine rings is 1. The maximum atomic E-state index is 12.8. The Labute approximate surface area is 129 Å². The Morgan fingerprint density at radius 2 is 2.27 bits per heavy atom. The molecule has 1 aliphatic heterocycles. The summed E-state index contributed by atoms with van der Waals surface area (Å²) in [6.45, 7) is 3.66. The zero-order valence-electron chi connectivity index (χ0n) is 12.9. The van der Waals surface area contributed by atoms with Gasteiger partial charge < -0.3 is 10.0 Å². The Morgan fingerprint density at radius 3 is 3.05 bits per heavy atom. The number of hydrogen-bond donors (Lipinski definition) is 1. The Kier molecular flexibility index (Phi) is 4.38. The number of aliphatic hydroxyl groups is 1. The molecule has 0 radical (unpaired) electrons. The molecule has 1 N–H and O–H groups in total. The second kappa shape index (κ2) is 6.44. The summed E-state index contributed by atoms with van der Waals surface area (Å²) < 4.78 is 1.82. The molecule has 6 nitrogen and oxygen atoms in total. The van der Waals surface area contributed by atoms with Gasteiger partial charge in [0.05, 0.1) is 5.52 Å². The molecular formula is C16H22N4O2. The Morgan fingerprint density at radius 1 is 1.41 bits per heavy atom. The highest BCUT2D eigenvalue weighted by Gasteiger charge is 2.27. The molecule has 2 heterocycles. The molecule has 6 heteroatoms. The van der Waals surface area contributed by atoms with E-state index in [-0.39, 0.29) is 18.6 Å². The van der Waals surface area contributed by atoms with Gasteiger partial charge in [-0.3, -0.25) is 4.79 Å². The molecule has 1 atom stereocenters. The number of likely N-dealkylation sites (tertiary alicyclic amines) is 1. The van der Waals surface area contributed by atoms with E-state index in [2.05, 4.69) is 10.3 Å². The summed E-state index contributed by atoms with van der Waals surface area (Å²) in [4.78, 5) is 14.7. The van der Waals surface area contributed by atoms with Crippen molar-refractivity contribution in [3.8, 4) is 0 Å². The number of hydrogen-bond acceptors (Lipinski definition) is 4. The van der Waals surface area contributed by atoms with Gasteiger partial charge in [-0.15, -0.1) is 5.10 Å². The minimum atomic E-state index is 0.0334. The fraction of sp³-hybridized carbons (Fsp3) is 0.562. The van der Waals surface area contributed by atoms with Gasteiger partial charge in [0.25, 0.3) is 5.91 Å². The van der Waals surface area contributed by atoms with Crippen LogP contribution in [0.15, 0.2) is 18.2 Å². The summed E-state index contributed by atoms with van der Waals surface area (Å²) in [6.07, 6.45) is 3.78. The van der Waals surface area contributed by atoms with Crippen LogP contribution >= 0.6 is 0 Å². The van der Waals surface area contributed by atoms with E-state index in [1.54, 1.807) is 0 Å². The van der Waals surface area contributed by atoms with Crippen molar-refractivity contribution in [2.24, 2.45) is 0 Å². The molecule has 118 valence electrons. The maximum Gasteiger partial charge on any atom is 0.254 e. The van der Waals surface area contributed by atoms with Crippen LogP contribution in [0.5, 0.6) is 0 Å². The molecule has 1 aliphatic rings. The van der Waals surface area contributed by atoms with Crippen molar-refractivity contribution in [3.05, 3.63) is 23.8 Å². The van der Waals surface area contributed by atoms with E-state index in [4.69, 9.17) is 0 Å². The molecule has 2 aromatic rings. The largest absolute Gasteiger partial charge is 0.396 e. The topological polar surface area (TPSA) is 71.2 Å². The molecule has 0 aliphatic carbocycles. The molecule has 0 spiro atoms. The summed E-state index contributed by atoms with van der Waals surface area (Å²) in [5.41, 5.74) is 2.36. The van der Waals surface area contributed by atoms with Gasteiger partial charge in [0, 0.05) is 31.3 Å². The van der Waals surface area contributed by atoms with Crippen molar-refractivity contribution in [1.29, 1.82) is 0 Å². The number of nitrogens with zero attached hydrogens (tertiary/aromatic N) is 4. The first-order valence-corrected chi connectivity index (χ1v) is 7.99. The molecule has 22 heavy (non-hydrogen) atoms. The van der Waals surface area contributed by atoms with Crippen molar-refractivity contribution in [2.45, 2.75) is 45.2 Å². The lowest BCUT2D eigenvalue weighted by atomic mass is 9.98. The highest BCUT2D eigenvalue weighted by atomic mass is 16.3. The van der Waals surface area contributed by atoms with Gasteiger partial charge in [-0.05, 0) is 50.8 Å². The van der Waals surface area contributed by atoms with Crippen molar-refractivity contribution in [3.63, 3.8) is 0 Å². The Bertz CT molecular complexity index is 665. The number of aromatic nitrogens is 3. The summed E-state index contributed by atoms with van der Waals surface area (Å²) in [6, 6.07) is 5.73. The van der Waals surface area contributed by atoms with Gasteiger partial charge in [-0.25, -0.2) is 4.68 Å². The van der Waals surface area contributed by atoms with Crippen molar-refractivity contribution >= 4 is 16.9 Å². The molecule has 3 rings (SSSR count). The fourth-order valence-corrected chi connectivity index (χ4v) is 3.22. The number of aliphatic hydroxyl groups excluding tert-OH is 1. The number of amides is 1. The quantitative estimate of drug-likeness (QED) is 0.935. The number of rotatable bonds is 4. The number of fused-ring (bicyclic) bond motifs is 1. The van der Waals surface area contributed by atoms with Gasteiger partial charge >= 0.3 is 0 Å².